The maximum Gasteiger partial charge on any atom is 0.310 e. The quantitative estimate of drug-likeness (QED) is 0.816. The van der Waals surface area contributed by atoms with Gasteiger partial charge in [0.2, 0.25) is 0 Å². The van der Waals surface area contributed by atoms with Crippen LogP contribution >= 0.6 is 23.2 Å². The highest BCUT2D eigenvalue weighted by Crippen LogP contribution is 2.32. The van der Waals surface area contributed by atoms with Crippen LogP contribution in [0.1, 0.15) is 25.3 Å². The highest BCUT2D eigenvalue weighted by Gasteiger charge is 2.28. The molecule has 1 aromatic carbocycles. The van der Waals surface area contributed by atoms with E-state index >= 15 is 0 Å². The van der Waals surface area contributed by atoms with E-state index in [9.17, 15) is 9.59 Å². The van der Waals surface area contributed by atoms with Gasteiger partial charge in [0.15, 0.2) is 6.61 Å². The van der Waals surface area contributed by atoms with Crippen molar-refractivity contribution in [2.45, 2.75) is 32.2 Å². The molecule has 1 N–H and O–H groups in total. The molecule has 0 bridgehead atoms. The van der Waals surface area contributed by atoms with Gasteiger partial charge < -0.3 is 10.1 Å². The van der Waals surface area contributed by atoms with E-state index in [1.165, 1.54) is 0 Å². The molecule has 1 amide bonds. The largest absolute Gasteiger partial charge is 0.455 e. The number of esters is 1. The predicted octanol–water partition coefficient (Wildman–Crippen LogP) is 2.99. The fourth-order valence-corrected chi connectivity index (χ4v) is 2.50. The maximum absolute atomic E-state index is 11.7. The van der Waals surface area contributed by atoms with Gasteiger partial charge in [-0.1, -0.05) is 29.3 Å². The Kier molecular flexibility index (Phi) is 5.48. The van der Waals surface area contributed by atoms with Gasteiger partial charge in [-0.05, 0) is 43.4 Å². The number of carbonyl (C=O) groups excluding carboxylic acids is 2. The smallest absolute Gasteiger partial charge is 0.310 e. The Morgan fingerprint density at radius 3 is 2.71 bits per heavy atom. The normalized spacial score (nSPS) is 15.4. The molecule has 1 aromatic rings. The van der Waals surface area contributed by atoms with Gasteiger partial charge in [-0.2, -0.15) is 0 Å². The third-order valence-electron chi connectivity index (χ3n) is 3.43. The van der Waals surface area contributed by atoms with Crippen molar-refractivity contribution in [2.24, 2.45) is 5.92 Å². The summed E-state index contributed by atoms with van der Waals surface area (Å²) >= 11 is 11.8. The van der Waals surface area contributed by atoms with Crippen LogP contribution < -0.4 is 5.32 Å². The Labute approximate surface area is 133 Å². The lowest BCUT2D eigenvalue weighted by molar-refractivity contribution is -0.148. The van der Waals surface area contributed by atoms with Crippen LogP contribution in [-0.2, 0) is 20.7 Å². The fourth-order valence-electron chi connectivity index (χ4n) is 2.03. The Hall–Kier alpha value is -1.26. The first kappa shape index (κ1) is 16.1. The molecule has 1 fully saturated rings. The summed E-state index contributed by atoms with van der Waals surface area (Å²) < 4.78 is 4.95. The molecular weight excluding hydrogens is 313 g/mol. The third kappa shape index (κ3) is 5.21. The molecule has 1 saturated carbocycles. The number of benzene rings is 1. The van der Waals surface area contributed by atoms with Crippen molar-refractivity contribution in [3.8, 4) is 0 Å². The molecule has 21 heavy (non-hydrogen) atoms. The molecule has 6 heteroatoms. The van der Waals surface area contributed by atoms with Crippen LogP contribution in [0.2, 0.25) is 10.0 Å². The first-order valence-electron chi connectivity index (χ1n) is 6.84. The number of carbonyl (C=O) groups is 2. The molecule has 1 aliphatic carbocycles. The van der Waals surface area contributed by atoms with E-state index in [1.54, 1.807) is 18.2 Å². The van der Waals surface area contributed by atoms with E-state index in [0.29, 0.717) is 21.5 Å². The van der Waals surface area contributed by atoms with Crippen LogP contribution in [0.3, 0.4) is 0 Å². The van der Waals surface area contributed by atoms with Gasteiger partial charge in [0.25, 0.3) is 5.91 Å². The minimum Gasteiger partial charge on any atom is -0.455 e. The van der Waals surface area contributed by atoms with Gasteiger partial charge in [-0.3, -0.25) is 9.59 Å². The third-order valence-corrected chi connectivity index (χ3v) is 4.02. The molecule has 4 nitrogen and oxygen atoms in total. The van der Waals surface area contributed by atoms with Gasteiger partial charge in [0.1, 0.15) is 0 Å². The van der Waals surface area contributed by atoms with E-state index in [0.717, 1.165) is 12.8 Å². The van der Waals surface area contributed by atoms with Crippen LogP contribution in [0.5, 0.6) is 0 Å². The highest BCUT2D eigenvalue weighted by molar-refractivity contribution is 6.35. The van der Waals surface area contributed by atoms with E-state index in [1.807, 2.05) is 6.92 Å². The van der Waals surface area contributed by atoms with Gasteiger partial charge in [0, 0.05) is 16.1 Å². The van der Waals surface area contributed by atoms with Crippen LogP contribution in [0.15, 0.2) is 18.2 Å². The van der Waals surface area contributed by atoms with Gasteiger partial charge >= 0.3 is 5.97 Å². The van der Waals surface area contributed by atoms with Gasteiger partial charge in [-0.25, -0.2) is 0 Å². The van der Waals surface area contributed by atoms with Crippen LogP contribution in [0, 0.1) is 5.92 Å². The number of ether oxygens (including phenoxy) is 1. The second-order valence-electron chi connectivity index (χ2n) is 5.27. The number of nitrogens with one attached hydrogen (secondary N) is 1. The summed E-state index contributed by atoms with van der Waals surface area (Å²) in [4.78, 5) is 23.3. The van der Waals surface area contributed by atoms with E-state index in [4.69, 9.17) is 27.9 Å². The Balaban J connectivity index is 1.75. The highest BCUT2D eigenvalue weighted by atomic mass is 35.5. The lowest BCUT2D eigenvalue weighted by Crippen LogP contribution is -2.37. The first-order chi connectivity index (χ1) is 9.95. The topological polar surface area (TPSA) is 55.4 Å². The van der Waals surface area contributed by atoms with E-state index in [2.05, 4.69) is 5.32 Å². The number of hydrogen-bond donors (Lipinski definition) is 1. The summed E-state index contributed by atoms with van der Waals surface area (Å²) in [6.07, 6.45) is 2.31. The number of amides is 1. The molecule has 0 saturated heterocycles. The standard InChI is InChI=1S/C15H17Cl2NO3/c1-9(10-2-3-10)18-14(19)8-21-15(20)6-11-4-5-12(16)7-13(11)17/h4-5,7,9-10H,2-3,6,8H2,1H3,(H,18,19)/t9-/m0/s1. The van der Waals surface area contributed by atoms with Crippen molar-refractivity contribution < 1.29 is 14.3 Å². The minimum atomic E-state index is -0.492. The number of hydrogen-bond acceptors (Lipinski definition) is 3. The molecule has 0 unspecified atom stereocenters. The summed E-state index contributed by atoms with van der Waals surface area (Å²) in [6, 6.07) is 5.03. The molecule has 114 valence electrons. The molecule has 0 radical (unpaired) electrons. The second-order valence-corrected chi connectivity index (χ2v) is 6.11. The second kappa shape index (κ2) is 7.14. The lowest BCUT2D eigenvalue weighted by Gasteiger charge is -2.12. The molecule has 0 heterocycles. The molecule has 1 aliphatic rings. The van der Waals surface area contributed by atoms with Crippen molar-refractivity contribution in [1.29, 1.82) is 0 Å². The van der Waals surface area contributed by atoms with Crippen molar-refractivity contribution in [3.63, 3.8) is 0 Å². The van der Waals surface area contributed by atoms with Crippen LogP contribution in [0.4, 0.5) is 0 Å². The Morgan fingerprint density at radius 2 is 2.10 bits per heavy atom. The van der Waals surface area contributed by atoms with Crippen LogP contribution in [0.25, 0.3) is 0 Å². The SMILES string of the molecule is C[C@H](NC(=O)COC(=O)Cc1ccc(Cl)cc1Cl)C1CC1. The number of halogens is 2. The summed E-state index contributed by atoms with van der Waals surface area (Å²) in [7, 11) is 0. The first-order valence-corrected chi connectivity index (χ1v) is 7.60. The predicted molar refractivity (Wildman–Crippen MR) is 81.5 cm³/mol. The average molecular weight is 330 g/mol. The zero-order chi connectivity index (χ0) is 15.4. The van der Waals surface area contributed by atoms with E-state index < -0.39 is 5.97 Å². The average Bonchev–Trinajstić information content (AvgIpc) is 3.24. The molecule has 0 spiro atoms. The maximum atomic E-state index is 11.7. The zero-order valence-corrected chi connectivity index (χ0v) is 13.2. The molecular formula is C15H17Cl2NO3. The summed E-state index contributed by atoms with van der Waals surface area (Å²) in [6.45, 7) is 1.70. The van der Waals surface area contributed by atoms with E-state index in [-0.39, 0.29) is 25.0 Å². The van der Waals surface area contributed by atoms with Crippen LogP contribution in [-0.4, -0.2) is 24.5 Å². The zero-order valence-electron chi connectivity index (χ0n) is 11.7. The summed E-state index contributed by atoms with van der Waals surface area (Å²) in [5, 5.41) is 3.73. The van der Waals surface area contributed by atoms with Gasteiger partial charge in [0.05, 0.1) is 6.42 Å². The summed E-state index contributed by atoms with van der Waals surface area (Å²) in [5.74, 6) is -0.198. The molecule has 2 rings (SSSR count). The molecule has 1 atom stereocenters. The van der Waals surface area contributed by atoms with Crippen molar-refractivity contribution in [1.82, 2.24) is 5.32 Å². The Bertz CT molecular complexity index is 544. The monoisotopic (exact) mass is 329 g/mol. The lowest BCUT2D eigenvalue weighted by atomic mass is 10.1. The van der Waals surface area contributed by atoms with Crippen molar-refractivity contribution in [2.75, 3.05) is 6.61 Å². The Morgan fingerprint density at radius 1 is 1.38 bits per heavy atom. The summed E-state index contributed by atoms with van der Waals surface area (Å²) in [5.41, 5.74) is 0.623. The minimum absolute atomic E-state index is 0.0153. The van der Waals surface area contributed by atoms with Gasteiger partial charge in [-0.15, -0.1) is 0 Å². The van der Waals surface area contributed by atoms with Crippen molar-refractivity contribution >= 4 is 35.1 Å². The molecule has 0 aromatic heterocycles. The molecule has 0 aliphatic heterocycles. The number of rotatable bonds is 6. The fraction of sp³-hybridized carbons (Fsp3) is 0.467. The van der Waals surface area contributed by atoms with Crippen molar-refractivity contribution in [3.05, 3.63) is 33.8 Å².